The second-order valence-electron chi connectivity index (χ2n) is 12.7. The van der Waals surface area contributed by atoms with Crippen molar-refractivity contribution < 1.29 is 15.4 Å². The van der Waals surface area contributed by atoms with Crippen molar-refractivity contribution in [3.05, 3.63) is 163 Å². The van der Waals surface area contributed by atoms with E-state index in [0.29, 0.717) is 0 Å². The minimum absolute atomic E-state index is 0.242. The fourth-order valence-electron chi connectivity index (χ4n) is 6.66. The third-order valence-electron chi connectivity index (χ3n) is 8.99. The molecule has 6 aromatic carbocycles. The first kappa shape index (κ1) is 35.4. The minimum Gasteiger partial charge on any atom is -0.508 e. The van der Waals surface area contributed by atoms with Gasteiger partial charge in [0.25, 0.3) is 0 Å². The highest BCUT2D eigenvalue weighted by atomic mass is 16.4. The van der Waals surface area contributed by atoms with Crippen LogP contribution in [-0.2, 0) is 12.8 Å². The van der Waals surface area contributed by atoms with Crippen molar-refractivity contribution in [2.24, 2.45) is 5.16 Å². The maximum absolute atomic E-state index is 9.72. The Morgan fingerprint density at radius 2 is 1.02 bits per heavy atom. The fraction of sp³-hybridized carbons (Fsp3) is 0.130. The molecule has 7 rings (SSSR count). The zero-order valence-corrected chi connectivity index (χ0v) is 29.5. The number of benzene rings is 6. The van der Waals surface area contributed by atoms with E-state index in [2.05, 4.69) is 77.7 Å². The van der Waals surface area contributed by atoms with Crippen LogP contribution < -0.4 is 0 Å². The predicted molar refractivity (Wildman–Crippen MR) is 213 cm³/mol. The summed E-state index contributed by atoms with van der Waals surface area (Å²) in [5.74, 6) is 0.520. The number of hydrogen-bond acceptors (Lipinski definition) is 5. The van der Waals surface area contributed by atoms with Crippen LogP contribution in [0.5, 0.6) is 11.5 Å². The molecule has 0 aliphatic heterocycles. The first-order chi connectivity index (χ1) is 25.5. The maximum atomic E-state index is 9.72. The summed E-state index contributed by atoms with van der Waals surface area (Å²) in [6.45, 7) is 4.34. The number of oxime groups is 1. The molecule has 6 heteroatoms. The van der Waals surface area contributed by atoms with Crippen molar-refractivity contribution in [3.63, 3.8) is 0 Å². The van der Waals surface area contributed by atoms with Crippen LogP contribution in [0.15, 0.2) is 151 Å². The molecular formula is C46H43N3O3. The summed E-state index contributed by atoms with van der Waals surface area (Å²) in [6.07, 6.45) is 9.40. The number of aromatic hydroxyl groups is 2. The van der Waals surface area contributed by atoms with Crippen LogP contribution in [-0.4, -0.2) is 31.8 Å². The van der Waals surface area contributed by atoms with E-state index in [1.165, 1.54) is 39.6 Å². The Bertz CT molecular complexity index is 2210. The largest absolute Gasteiger partial charge is 0.508 e. The molecule has 260 valence electrons. The lowest BCUT2D eigenvalue weighted by molar-refractivity contribution is 0.322. The average molecular weight is 686 g/mol. The highest BCUT2D eigenvalue weighted by molar-refractivity contribution is 5.98. The van der Waals surface area contributed by atoms with Gasteiger partial charge in [0.05, 0.1) is 12.4 Å². The van der Waals surface area contributed by atoms with Gasteiger partial charge in [-0.15, -0.1) is 0 Å². The van der Waals surface area contributed by atoms with E-state index in [-0.39, 0.29) is 11.5 Å². The topological polar surface area (TPSA) is 102 Å². The summed E-state index contributed by atoms with van der Waals surface area (Å²) >= 11 is 0. The molecule has 0 spiro atoms. The summed E-state index contributed by atoms with van der Waals surface area (Å²) in [7, 11) is 0. The lowest BCUT2D eigenvalue weighted by Gasteiger charge is -2.18. The first-order valence-corrected chi connectivity index (χ1v) is 17.7. The molecule has 0 aliphatic carbocycles. The van der Waals surface area contributed by atoms with Crippen molar-refractivity contribution in [2.75, 3.05) is 0 Å². The van der Waals surface area contributed by atoms with E-state index in [9.17, 15) is 10.2 Å². The SMILES string of the molecule is CCCc1cc(-c2ccc(O)cc2)c(-c2ccccc2)c(-c2cn[nH]c2)c1.CCCc1cc(/C=N/O)c(-c2ccccc2)c(-c2ccc(O)cc2)c1. The van der Waals surface area contributed by atoms with Crippen LogP contribution in [0.3, 0.4) is 0 Å². The Morgan fingerprint density at radius 1 is 0.558 bits per heavy atom. The maximum Gasteiger partial charge on any atom is 0.115 e. The highest BCUT2D eigenvalue weighted by Gasteiger charge is 2.17. The van der Waals surface area contributed by atoms with E-state index in [1.807, 2.05) is 73.1 Å². The summed E-state index contributed by atoms with van der Waals surface area (Å²) in [6, 6.07) is 44.0. The predicted octanol–water partition coefficient (Wildman–Crippen LogP) is 11.6. The van der Waals surface area contributed by atoms with Crippen LogP contribution in [0.25, 0.3) is 55.6 Å². The van der Waals surface area contributed by atoms with Crippen LogP contribution in [0.2, 0.25) is 0 Å². The number of phenolic OH excluding ortho intramolecular Hbond substituents is 2. The molecule has 0 saturated carbocycles. The standard InChI is InChI=1S/C24H22N2O.C22H21NO2/c1-2-6-17-13-22(18-9-11-21(27)12-10-18)24(19-7-4-3-5-8-19)23(14-17)20-15-25-26-16-20;1-2-6-16-13-19(15-23-25)22(18-7-4-3-5-8-18)21(14-16)17-9-11-20(24)12-10-17/h3-5,7-16,27H,2,6H2,1H3,(H,25,26);3-5,7-15,24-25H,2,6H2,1H3/b;23-15+. The van der Waals surface area contributed by atoms with Gasteiger partial charge >= 0.3 is 0 Å². The minimum atomic E-state index is 0.242. The van der Waals surface area contributed by atoms with E-state index < -0.39 is 0 Å². The molecule has 0 fully saturated rings. The summed E-state index contributed by atoms with van der Waals surface area (Å²) in [5.41, 5.74) is 14.4. The zero-order valence-electron chi connectivity index (χ0n) is 29.5. The molecule has 52 heavy (non-hydrogen) atoms. The van der Waals surface area contributed by atoms with Crippen molar-refractivity contribution in [3.8, 4) is 67.1 Å². The summed E-state index contributed by atoms with van der Waals surface area (Å²) < 4.78 is 0. The molecule has 1 aromatic heterocycles. The second kappa shape index (κ2) is 17.0. The number of nitrogens with one attached hydrogen (secondary N) is 1. The smallest absolute Gasteiger partial charge is 0.115 e. The molecule has 0 saturated heterocycles. The molecule has 0 atom stereocenters. The highest BCUT2D eigenvalue weighted by Crippen LogP contribution is 2.42. The van der Waals surface area contributed by atoms with Gasteiger partial charge in [0.15, 0.2) is 0 Å². The van der Waals surface area contributed by atoms with E-state index in [1.54, 1.807) is 24.3 Å². The lowest BCUT2D eigenvalue weighted by atomic mass is 9.86. The Labute approximate surface area is 305 Å². The van der Waals surface area contributed by atoms with Gasteiger partial charge in [-0.25, -0.2) is 0 Å². The van der Waals surface area contributed by atoms with Gasteiger partial charge in [-0.05, 0) is 104 Å². The van der Waals surface area contributed by atoms with Gasteiger partial charge < -0.3 is 15.4 Å². The van der Waals surface area contributed by atoms with Crippen LogP contribution >= 0.6 is 0 Å². The number of aromatic amines is 1. The van der Waals surface area contributed by atoms with Crippen LogP contribution in [0.4, 0.5) is 0 Å². The third kappa shape index (κ3) is 8.31. The van der Waals surface area contributed by atoms with Crippen molar-refractivity contribution in [1.29, 1.82) is 0 Å². The normalized spacial score (nSPS) is 11.0. The number of H-pyrrole nitrogens is 1. The van der Waals surface area contributed by atoms with Crippen molar-refractivity contribution in [1.82, 2.24) is 10.2 Å². The zero-order chi connectivity index (χ0) is 36.3. The lowest BCUT2D eigenvalue weighted by Crippen LogP contribution is -1.97. The van der Waals surface area contributed by atoms with Gasteiger partial charge in [-0.2, -0.15) is 5.10 Å². The van der Waals surface area contributed by atoms with Crippen LogP contribution in [0.1, 0.15) is 43.4 Å². The van der Waals surface area contributed by atoms with E-state index >= 15 is 0 Å². The molecule has 0 amide bonds. The number of phenols is 2. The van der Waals surface area contributed by atoms with Gasteiger partial charge in [-0.1, -0.05) is 135 Å². The molecule has 7 aromatic rings. The molecular weight excluding hydrogens is 643 g/mol. The Morgan fingerprint density at radius 3 is 1.48 bits per heavy atom. The summed E-state index contributed by atoms with van der Waals surface area (Å²) in [4.78, 5) is 0. The second-order valence-corrected chi connectivity index (χ2v) is 12.7. The molecule has 0 unspecified atom stereocenters. The molecule has 1 heterocycles. The molecule has 4 N–H and O–H groups in total. The summed E-state index contributed by atoms with van der Waals surface area (Å²) in [5, 5.41) is 38.9. The van der Waals surface area contributed by atoms with Gasteiger partial charge in [0.1, 0.15) is 11.5 Å². The van der Waals surface area contributed by atoms with Crippen molar-refractivity contribution >= 4 is 6.21 Å². The van der Waals surface area contributed by atoms with Gasteiger partial charge in [-0.3, -0.25) is 5.10 Å². The molecule has 0 radical (unpaired) electrons. The fourth-order valence-corrected chi connectivity index (χ4v) is 6.66. The number of aromatic nitrogens is 2. The number of nitrogens with zero attached hydrogens (tertiary/aromatic N) is 2. The van der Waals surface area contributed by atoms with Crippen molar-refractivity contribution in [2.45, 2.75) is 39.5 Å². The molecule has 6 nitrogen and oxygen atoms in total. The number of rotatable bonds is 10. The van der Waals surface area contributed by atoms with E-state index in [0.717, 1.165) is 64.6 Å². The Hall–Kier alpha value is -6.40. The first-order valence-electron chi connectivity index (χ1n) is 17.7. The number of aryl methyl sites for hydroxylation is 2. The Kier molecular flexibility index (Phi) is 11.6. The van der Waals surface area contributed by atoms with Gasteiger partial charge in [0, 0.05) is 17.3 Å². The monoisotopic (exact) mass is 685 g/mol. The van der Waals surface area contributed by atoms with Gasteiger partial charge in [0.2, 0.25) is 0 Å². The van der Waals surface area contributed by atoms with E-state index in [4.69, 9.17) is 5.21 Å². The average Bonchev–Trinajstić information content (AvgIpc) is 3.72. The third-order valence-corrected chi connectivity index (χ3v) is 8.99. The van der Waals surface area contributed by atoms with Crippen LogP contribution in [0, 0.1) is 0 Å². The Balaban J connectivity index is 0.000000179. The molecule has 0 bridgehead atoms. The molecule has 0 aliphatic rings. The number of hydrogen-bond donors (Lipinski definition) is 4. The quantitative estimate of drug-likeness (QED) is 0.0654.